The normalized spacial score (nSPS) is 15.4. The van der Waals surface area contributed by atoms with Gasteiger partial charge in [0.2, 0.25) is 5.91 Å². The molecule has 0 atom stereocenters. The van der Waals surface area contributed by atoms with Crippen LogP contribution in [0.2, 0.25) is 0 Å². The van der Waals surface area contributed by atoms with Gasteiger partial charge in [0, 0.05) is 18.8 Å². The molecule has 0 aliphatic carbocycles. The van der Waals surface area contributed by atoms with Gasteiger partial charge >= 0.3 is 0 Å². The Morgan fingerprint density at radius 3 is 2.38 bits per heavy atom. The molecule has 2 rings (SSSR count). The average molecular weight is 220 g/mol. The molecule has 1 amide bonds. The molecule has 1 saturated heterocycles. The maximum Gasteiger partial charge on any atom is 0.240 e. The van der Waals surface area contributed by atoms with Gasteiger partial charge in [-0.25, -0.2) is 0 Å². The van der Waals surface area contributed by atoms with Crippen molar-refractivity contribution in [2.75, 3.05) is 24.5 Å². The zero-order valence-electron chi connectivity index (χ0n) is 10.3. The molecule has 0 aromatic heterocycles. The molecule has 0 unspecified atom stereocenters. The Hall–Kier alpha value is -1.35. The van der Waals surface area contributed by atoms with Crippen molar-refractivity contribution in [1.82, 2.24) is 5.32 Å². The Labute approximate surface area is 97.5 Å². The predicted molar refractivity (Wildman–Crippen MR) is 67.7 cm³/mol. The first-order chi connectivity index (χ1) is 7.77. The molecule has 16 heavy (non-hydrogen) atoms. The topological polar surface area (TPSA) is 32.3 Å². The van der Waals surface area contributed by atoms with E-state index in [0.29, 0.717) is 6.54 Å². The van der Waals surface area contributed by atoms with E-state index in [4.69, 9.17) is 0 Å². The number of amides is 1. The van der Waals surface area contributed by atoms with E-state index in [1.807, 2.05) is 49.9 Å². The summed E-state index contributed by atoms with van der Waals surface area (Å²) in [7, 11) is 0. The Morgan fingerprint density at radius 1 is 1.19 bits per heavy atom. The summed E-state index contributed by atoms with van der Waals surface area (Å²) in [6, 6.07) is 8.06. The van der Waals surface area contributed by atoms with Crippen molar-refractivity contribution >= 4 is 11.6 Å². The Balaban J connectivity index is 0.000000606. The average Bonchev–Trinajstić information content (AvgIpc) is 2.34. The maximum absolute atomic E-state index is 11.5. The number of hydrogen-bond donors (Lipinski definition) is 1. The molecule has 0 saturated carbocycles. The number of nitrogens with zero attached hydrogens (tertiary/aromatic N) is 1. The van der Waals surface area contributed by atoms with Crippen LogP contribution in [0.25, 0.3) is 0 Å². The standard InChI is InChI=1S/C11H14N2O.C2H6/c1-9-2-4-10(5-3-9)13-7-6-12-8-11(13)14;1-2/h2-5,12H,6-8H2,1H3;1-2H3. The minimum Gasteiger partial charge on any atom is -0.310 e. The predicted octanol–water partition coefficient (Wildman–Crippen LogP) is 1.96. The zero-order valence-corrected chi connectivity index (χ0v) is 10.3. The van der Waals surface area contributed by atoms with Crippen molar-refractivity contribution in [2.45, 2.75) is 20.8 Å². The SMILES string of the molecule is CC.Cc1ccc(N2CCNCC2=O)cc1. The van der Waals surface area contributed by atoms with Crippen LogP contribution in [0.15, 0.2) is 24.3 Å². The summed E-state index contributed by atoms with van der Waals surface area (Å²) in [5.41, 5.74) is 2.22. The molecular formula is C13H20N2O. The highest BCUT2D eigenvalue weighted by Crippen LogP contribution is 2.15. The van der Waals surface area contributed by atoms with Crippen LogP contribution in [-0.2, 0) is 4.79 Å². The van der Waals surface area contributed by atoms with E-state index in [-0.39, 0.29) is 5.91 Å². The van der Waals surface area contributed by atoms with Gasteiger partial charge in [0.1, 0.15) is 0 Å². The van der Waals surface area contributed by atoms with Gasteiger partial charge in [0.15, 0.2) is 0 Å². The number of carbonyl (C=O) groups excluding carboxylic acids is 1. The lowest BCUT2D eigenvalue weighted by Crippen LogP contribution is -2.48. The molecular weight excluding hydrogens is 200 g/mol. The molecule has 1 aliphatic rings. The molecule has 1 aromatic rings. The molecule has 0 radical (unpaired) electrons. The highest BCUT2D eigenvalue weighted by molar-refractivity contribution is 5.95. The number of carbonyl (C=O) groups is 1. The molecule has 0 spiro atoms. The monoisotopic (exact) mass is 220 g/mol. The number of rotatable bonds is 1. The molecule has 3 nitrogen and oxygen atoms in total. The molecule has 1 fully saturated rings. The van der Waals surface area contributed by atoms with Crippen LogP contribution in [0.3, 0.4) is 0 Å². The lowest BCUT2D eigenvalue weighted by Gasteiger charge is -2.27. The van der Waals surface area contributed by atoms with Crippen LogP contribution in [0, 0.1) is 6.92 Å². The Kier molecular flexibility index (Phi) is 4.99. The number of aryl methyl sites for hydroxylation is 1. The number of anilines is 1. The molecule has 1 aromatic carbocycles. The van der Waals surface area contributed by atoms with Crippen LogP contribution in [0.5, 0.6) is 0 Å². The second-order valence-electron chi connectivity index (χ2n) is 3.56. The summed E-state index contributed by atoms with van der Waals surface area (Å²) in [5.74, 6) is 0.153. The maximum atomic E-state index is 11.5. The summed E-state index contributed by atoms with van der Waals surface area (Å²) < 4.78 is 0. The van der Waals surface area contributed by atoms with E-state index in [1.165, 1.54) is 5.56 Å². The van der Waals surface area contributed by atoms with Crippen LogP contribution < -0.4 is 10.2 Å². The van der Waals surface area contributed by atoms with Crippen molar-refractivity contribution in [3.63, 3.8) is 0 Å². The van der Waals surface area contributed by atoms with Gasteiger partial charge in [-0.1, -0.05) is 31.5 Å². The molecule has 88 valence electrons. The first-order valence-corrected chi connectivity index (χ1v) is 5.85. The number of piperazine rings is 1. The molecule has 1 heterocycles. The van der Waals surface area contributed by atoms with Crippen LogP contribution in [0.4, 0.5) is 5.69 Å². The third-order valence-corrected chi connectivity index (χ3v) is 2.44. The Bertz CT molecular complexity index is 332. The van der Waals surface area contributed by atoms with Crippen LogP contribution in [0.1, 0.15) is 19.4 Å². The van der Waals surface area contributed by atoms with E-state index in [2.05, 4.69) is 5.32 Å². The van der Waals surface area contributed by atoms with Gasteiger partial charge in [0.05, 0.1) is 6.54 Å². The van der Waals surface area contributed by atoms with Crippen molar-refractivity contribution in [3.8, 4) is 0 Å². The van der Waals surface area contributed by atoms with Crippen molar-refractivity contribution in [3.05, 3.63) is 29.8 Å². The highest BCUT2D eigenvalue weighted by Gasteiger charge is 2.18. The summed E-state index contributed by atoms with van der Waals surface area (Å²) in [4.78, 5) is 13.4. The Morgan fingerprint density at radius 2 is 1.81 bits per heavy atom. The number of hydrogen-bond acceptors (Lipinski definition) is 2. The highest BCUT2D eigenvalue weighted by atomic mass is 16.2. The van der Waals surface area contributed by atoms with Crippen LogP contribution in [-0.4, -0.2) is 25.5 Å². The van der Waals surface area contributed by atoms with E-state index in [0.717, 1.165) is 18.8 Å². The van der Waals surface area contributed by atoms with Gasteiger partial charge in [-0.3, -0.25) is 4.79 Å². The second kappa shape index (κ2) is 6.28. The number of benzene rings is 1. The molecule has 3 heteroatoms. The van der Waals surface area contributed by atoms with Gasteiger partial charge in [-0.2, -0.15) is 0 Å². The summed E-state index contributed by atoms with van der Waals surface area (Å²) in [5, 5.41) is 3.05. The fourth-order valence-corrected chi connectivity index (χ4v) is 1.60. The molecule has 0 bridgehead atoms. The van der Waals surface area contributed by atoms with E-state index in [1.54, 1.807) is 0 Å². The molecule has 1 N–H and O–H groups in total. The lowest BCUT2D eigenvalue weighted by atomic mass is 10.2. The van der Waals surface area contributed by atoms with Crippen molar-refractivity contribution < 1.29 is 4.79 Å². The fourth-order valence-electron chi connectivity index (χ4n) is 1.60. The second-order valence-corrected chi connectivity index (χ2v) is 3.56. The van der Waals surface area contributed by atoms with E-state index in [9.17, 15) is 4.79 Å². The quantitative estimate of drug-likeness (QED) is 0.784. The van der Waals surface area contributed by atoms with Gasteiger partial charge in [-0.05, 0) is 19.1 Å². The summed E-state index contributed by atoms with van der Waals surface area (Å²) in [6.45, 7) is 8.14. The van der Waals surface area contributed by atoms with Crippen LogP contribution >= 0.6 is 0 Å². The third-order valence-electron chi connectivity index (χ3n) is 2.44. The van der Waals surface area contributed by atoms with E-state index < -0.39 is 0 Å². The smallest absolute Gasteiger partial charge is 0.240 e. The first kappa shape index (κ1) is 12.7. The van der Waals surface area contributed by atoms with Gasteiger partial charge in [0.25, 0.3) is 0 Å². The minimum absolute atomic E-state index is 0.153. The van der Waals surface area contributed by atoms with Crippen molar-refractivity contribution in [2.24, 2.45) is 0 Å². The first-order valence-electron chi connectivity index (χ1n) is 5.85. The lowest BCUT2D eigenvalue weighted by molar-refractivity contribution is -0.118. The number of nitrogens with one attached hydrogen (secondary N) is 1. The van der Waals surface area contributed by atoms with Crippen molar-refractivity contribution in [1.29, 1.82) is 0 Å². The van der Waals surface area contributed by atoms with Gasteiger partial charge < -0.3 is 10.2 Å². The summed E-state index contributed by atoms with van der Waals surface area (Å²) in [6.07, 6.45) is 0. The third kappa shape index (κ3) is 3.07. The zero-order chi connectivity index (χ0) is 12.0. The minimum atomic E-state index is 0.153. The molecule has 1 aliphatic heterocycles. The largest absolute Gasteiger partial charge is 0.310 e. The summed E-state index contributed by atoms with van der Waals surface area (Å²) >= 11 is 0. The van der Waals surface area contributed by atoms with Gasteiger partial charge in [-0.15, -0.1) is 0 Å². The van der Waals surface area contributed by atoms with E-state index >= 15 is 0 Å². The fraction of sp³-hybridized carbons (Fsp3) is 0.462.